The Labute approximate surface area is 144 Å². The highest BCUT2D eigenvalue weighted by atomic mass is 35.5. The number of benzene rings is 2. The molecule has 2 aromatic rings. The summed E-state index contributed by atoms with van der Waals surface area (Å²) in [6.45, 7) is 0. The summed E-state index contributed by atoms with van der Waals surface area (Å²) in [4.78, 5) is 24.3. The van der Waals surface area contributed by atoms with Gasteiger partial charge in [0.15, 0.2) is 0 Å². The van der Waals surface area contributed by atoms with Crippen molar-refractivity contribution in [3.63, 3.8) is 0 Å². The van der Waals surface area contributed by atoms with Gasteiger partial charge in [0, 0.05) is 6.42 Å². The zero-order chi connectivity index (χ0) is 17.5. The zero-order valence-electron chi connectivity index (χ0n) is 13.0. The highest BCUT2D eigenvalue weighted by Gasteiger charge is 2.23. The molecule has 24 heavy (non-hydrogen) atoms. The number of carbonyl (C=O) groups excluding carboxylic acids is 2. The van der Waals surface area contributed by atoms with E-state index in [4.69, 9.17) is 21.6 Å². The monoisotopic (exact) mass is 342 g/mol. The number of hydrogen-bond acceptors (Lipinski definition) is 4. The Morgan fingerprint density at radius 1 is 1.21 bits per heavy atom. The first kappa shape index (κ1) is 17.5. The van der Waals surface area contributed by atoms with Crippen molar-refractivity contribution in [2.75, 3.05) is 7.11 Å². The number of rotatable bonds is 5. The smallest absolute Gasteiger partial charge is 0.328 e. The third kappa shape index (κ3) is 4.34. The Morgan fingerprint density at radius 3 is 2.46 bits per heavy atom. The summed E-state index contributed by atoms with van der Waals surface area (Å²) in [6.07, 6.45) is 0.245. The number of halogens is 1. The van der Waals surface area contributed by atoms with E-state index in [2.05, 4.69) is 5.32 Å². The molecule has 1 N–H and O–H groups in total. The van der Waals surface area contributed by atoms with E-state index in [0.29, 0.717) is 10.6 Å². The minimum Gasteiger partial charge on any atom is -0.467 e. The van der Waals surface area contributed by atoms with Gasteiger partial charge in [-0.2, -0.15) is 5.26 Å². The lowest BCUT2D eigenvalue weighted by molar-refractivity contribution is -0.142. The van der Waals surface area contributed by atoms with E-state index in [1.165, 1.54) is 7.11 Å². The second-order valence-electron chi connectivity index (χ2n) is 5.04. The Bertz CT molecular complexity index is 782. The Hall–Kier alpha value is -2.84. The van der Waals surface area contributed by atoms with Gasteiger partial charge in [-0.15, -0.1) is 0 Å². The molecule has 1 atom stereocenters. The topological polar surface area (TPSA) is 79.2 Å². The van der Waals surface area contributed by atoms with Crippen LogP contribution in [0.15, 0.2) is 48.5 Å². The molecule has 0 unspecified atom stereocenters. The average molecular weight is 343 g/mol. The van der Waals surface area contributed by atoms with Crippen LogP contribution in [-0.4, -0.2) is 25.0 Å². The molecule has 1 amide bonds. The number of amides is 1. The number of nitrogens with one attached hydrogen (secondary N) is 1. The maximum absolute atomic E-state index is 12.3. The molecule has 2 rings (SSSR count). The molecule has 5 nitrogen and oxygen atoms in total. The number of hydrogen-bond donors (Lipinski definition) is 1. The largest absolute Gasteiger partial charge is 0.467 e. The number of carbonyl (C=O) groups is 2. The molecule has 0 aliphatic carbocycles. The van der Waals surface area contributed by atoms with Crippen LogP contribution in [0.5, 0.6) is 0 Å². The number of nitriles is 1. The molecule has 0 aliphatic rings. The average Bonchev–Trinajstić information content (AvgIpc) is 2.61. The molecule has 0 spiro atoms. The fourth-order valence-corrected chi connectivity index (χ4v) is 2.39. The zero-order valence-corrected chi connectivity index (χ0v) is 13.7. The number of ether oxygens (including phenoxy) is 1. The van der Waals surface area contributed by atoms with Gasteiger partial charge in [-0.1, -0.05) is 35.9 Å². The van der Waals surface area contributed by atoms with Crippen LogP contribution in [-0.2, 0) is 16.0 Å². The van der Waals surface area contributed by atoms with Gasteiger partial charge in [0.05, 0.1) is 29.3 Å². The van der Waals surface area contributed by atoms with Gasteiger partial charge >= 0.3 is 5.97 Å². The SMILES string of the molecule is COC(=O)[C@H](Cc1ccc(C#N)cc1)NC(=O)c1ccccc1Cl. The van der Waals surface area contributed by atoms with E-state index in [0.717, 1.165) is 5.56 Å². The van der Waals surface area contributed by atoms with Crippen LogP contribution < -0.4 is 5.32 Å². The molecule has 122 valence electrons. The predicted octanol–water partition coefficient (Wildman–Crippen LogP) is 2.73. The fraction of sp³-hybridized carbons (Fsp3) is 0.167. The van der Waals surface area contributed by atoms with E-state index in [-0.39, 0.29) is 12.0 Å². The second kappa shape index (κ2) is 8.14. The lowest BCUT2D eigenvalue weighted by atomic mass is 10.0. The highest BCUT2D eigenvalue weighted by molar-refractivity contribution is 6.33. The van der Waals surface area contributed by atoms with Crippen molar-refractivity contribution in [2.24, 2.45) is 0 Å². The van der Waals surface area contributed by atoms with Crippen LogP contribution in [0.4, 0.5) is 0 Å². The van der Waals surface area contributed by atoms with Crippen molar-refractivity contribution in [1.82, 2.24) is 5.32 Å². The summed E-state index contributed by atoms with van der Waals surface area (Å²) >= 11 is 6.00. The quantitative estimate of drug-likeness (QED) is 0.847. The first-order chi connectivity index (χ1) is 11.5. The molecule has 2 aromatic carbocycles. The number of methoxy groups -OCH3 is 1. The molecule has 0 saturated carbocycles. The maximum atomic E-state index is 12.3. The van der Waals surface area contributed by atoms with E-state index >= 15 is 0 Å². The van der Waals surface area contributed by atoms with Gasteiger partial charge in [-0.25, -0.2) is 4.79 Å². The van der Waals surface area contributed by atoms with E-state index in [1.807, 2.05) is 6.07 Å². The summed E-state index contributed by atoms with van der Waals surface area (Å²) in [5.74, 6) is -1.01. The van der Waals surface area contributed by atoms with Crippen molar-refractivity contribution in [1.29, 1.82) is 5.26 Å². The molecule has 6 heteroatoms. The van der Waals surface area contributed by atoms with Crippen molar-refractivity contribution in [3.05, 3.63) is 70.2 Å². The minimum absolute atomic E-state index is 0.245. The number of nitrogens with zero attached hydrogens (tertiary/aromatic N) is 1. The first-order valence-corrected chi connectivity index (χ1v) is 7.55. The Balaban J connectivity index is 2.16. The van der Waals surface area contributed by atoms with E-state index in [9.17, 15) is 9.59 Å². The van der Waals surface area contributed by atoms with Crippen LogP contribution in [0.2, 0.25) is 5.02 Å². The molecule has 0 fully saturated rings. The van der Waals surface area contributed by atoms with Gasteiger partial charge in [0.1, 0.15) is 6.04 Å². The fourth-order valence-electron chi connectivity index (χ4n) is 2.17. The standard InChI is InChI=1S/C18H15ClN2O3/c1-24-18(23)16(10-12-6-8-13(11-20)9-7-12)21-17(22)14-4-2-3-5-15(14)19/h2-9,16H,10H2,1H3,(H,21,22)/t16-/m0/s1. The summed E-state index contributed by atoms with van der Waals surface area (Å²) < 4.78 is 4.76. The lowest BCUT2D eigenvalue weighted by Crippen LogP contribution is -2.43. The molecule has 0 aromatic heterocycles. The Morgan fingerprint density at radius 2 is 1.88 bits per heavy atom. The number of esters is 1. The summed E-state index contributed by atoms with van der Waals surface area (Å²) in [5.41, 5.74) is 1.60. The van der Waals surface area contributed by atoms with Crippen molar-refractivity contribution in [3.8, 4) is 6.07 Å². The van der Waals surface area contributed by atoms with Crippen molar-refractivity contribution >= 4 is 23.5 Å². The normalized spacial score (nSPS) is 11.2. The molecular formula is C18H15ClN2O3. The summed E-state index contributed by atoms with van der Waals surface area (Å²) in [5, 5.41) is 11.8. The first-order valence-electron chi connectivity index (χ1n) is 7.17. The molecular weight excluding hydrogens is 328 g/mol. The van der Waals surface area contributed by atoms with Gasteiger partial charge < -0.3 is 10.1 Å². The van der Waals surface area contributed by atoms with Crippen LogP contribution in [0.1, 0.15) is 21.5 Å². The molecule has 0 bridgehead atoms. The van der Waals surface area contributed by atoms with Crippen molar-refractivity contribution in [2.45, 2.75) is 12.5 Å². The van der Waals surface area contributed by atoms with Gasteiger partial charge in [0.2, 0.25) is 0 Å². The van der Waals surface area contributed by atoms with E-state index < -0.39 is 17.9 Å². The summed E-state index contributed by atoms with van der Waals surface area (Å²) in [6, 6.07) is 14.5. The van der Waals surface area contributed by atoms with E-state index in [1.54, 1.807) is 48.5 Å². The van der Waals surface area contributed by atoms with Crippen molar-refractivity contribution < 1.29 is 14.3 Å². The van der Waals surface area contributed by atoms with Crippen LogP contribution >= 0.6 is 11.6 Å². The van der Waals surface area contributed by atoms with Gasteiger partial charge in [0.25, 0.3) is 5.91 Å². The van der Waals surface area contributed by atoms with Crippen LogP contribution in [0, 0.1) is 11.3 Å². The molecule has 0 saturated heterocycles. The third-order valence-corrected chi connectivity index (χ3v) is 3.76. The third-order valence-electron chi connectivity index (χ3n) is 3.43. The van der Waals surface area contributed by atoms with Crippen LogP contribution in [0.3, 0.4) is 0 Å². The Kier molecular flexibility index (Phi) is 5.94. The second-order valence-corrected chi connectivity index (χ2v) is 5.45. The van der Waals surface area contributed by atoms with Gasteiger partial charge in [-0.05, 0) is 29.8 Å². The highest BCUT2D eigenvalue weighted by Crippen LogP contribution is 2.15. The summed E-state index contributed by atoms with van der Waals surface area (Å²) in [7, 11) is 1.26. The maximum Gasteiger partial charge on any atom is 0.328 e. The lowest BCUT2D eigenvalue weighted by Gasteiger charge is -2.17. The molecule has 0 aliphatic heterocycles. The molecule has 0 heterocycles. The predicted molar refractivity (Wildman–Crippen MR) is 89.6 cm³/mol. The molecule has 0 radical (unpaired) electrons. The van der Waals surface area contributed by atoms with Crippen LogP contribution in [0.25, 0.3) is 0 Å². The minimum atomic E-state index is -0.855. The van der Waals surface area contributed by atoms with Gasteiger partial charge in [-0.3, -0.25) is 4.79 Å².